The molecule has 1 heterocycles. The topological polar surface area (TPSA) is 34.9 Å². The second-order valence-corrected chi connectivity index (χ2v) is 6.29. The lowest BCUT2D eigenvalue weighted by Gasteiger charge is -2.33. The van der Waals surface area contributed by atoms with Crippen molar-refractivity contribution in [1.29, 1.82) is 0 Å². The second-order valence-electron chi connectivity index (χ2n) is 6.29. The molecular formula is C15H24N2O. The molecule has 3 heteroatoms. The largest absolute Gasteiger partial charge is 0.294 e. The molecule has 3 nitrogen and oxygen atoms in total. The van der Waals surface area contributed by atoms with E-state index in [0.717, 1.165) is 44.2 Å². The maximum absolute atomic E-state index is 12.4. The van der Waals surface area contributed by atoms with Crippen molar-refractivity contribution in [1.82, 2.24) is 9.78 Å². The SMILES string of the molecule is CCCn1cc(C(=O)C2CCC(C)(C)CC2)cn1. The lowest BCUT2D eigenvalue weighted by molar-refractivity contribution is 0.0838. The number of ketones is 1. The Hall–Kier alpha value is -1.12. The Balaban J connectivity index is 1.98. The number of carbonyl (C=O) groups excluding carboxylic acids is 1. The highest BCUT2D eigenvalue weighted by Gasteiger charge is 2.31. The fraction of sp³-hybridized carbons (Fsp3) is 0.733. The van der Waals surface area contributed by atoms with Gasteiger partial charge in [0.25, 0.3) is 0 Å². The van der Waals surface area contributed by atoms with Gasteiger partial charge in [-0.3, -0.25) is 9.48 Å². The van der Waals surface area contributed by atoms with E-state index in [-0.39, 0.29) is 5.92 Å². The molecule has 100 valence electrons. The summed E-state index contributed by atoms with van der Waals surface area (Å²) in [6.07, 6.45) is 9.07. The van der Waals surface area contributed by atoms with E-state index in [4.69, 9.17) is 0 Å². The number of aromatic nitrogens is 2. The Morgan fingerprint density at radius 2 is 2.11 bits per heavy atom. The number of rotatable bonds is 4. The summed E-state index contributed by atoms with van der Waals surface area (Å²) in [5, 5.41) is 4.25. The Kier molecular flexibility index (Phi) is 3.88. The van der Waals surface area contributed by atoms with E-state index in [0.29, 0.717) is 11.2 Å². The molecule has 0 amide bonds. The quantitative estimate of drug-likeness (QED) is 0.762. The first-order valence-electron chi connectivity index (χ1n) is 7.08. The van der Waals surface area contributed by atoms with Crippen molar-refractivity contribution in [2.45, 2.75) is 59.4 Å². The third-order valence-electron chi connectivity index (χ3n) is 4.08. The van der Waals surface area contributed by atoms with Gasteiger partial charge >= 0.3 is 0 Å². The summed E-state index contributed by atoms with van der Waals surface area (Å²) in [4.78, 5) is 12.4. The average Bonchev–Trinajstić information content (AvgIpc) is 2.77. The minimum absolute atomic E-state index is 0.220. The predicted octanol–water partition coefficient (Wildman–Crippen LogP) is 3.69. The molecule has 0 N–H and O–H groups in total. The zero-order valence-corrected chi connectivity index (χ0v) is 11.8. The van der Waals surface area contributed by atoms with E-state index >= 15 is 0 Å². The number of Topliss-reactive ketones (excluding diaryl/α,β-unsaturated/α-hetero) is 1. The number of aryl methyl sites for hydroxylation is 1. The van der Waals surface area contributed by atoms with Crippen molar-refractivity contribution in [3.63, 3.8) is 0 Å². The lowest BCUT2D eigenvalue weighted by Crippen LogP contribution is -2.26. The molecule has 1 aliphatic rings. The Morgan fingerprint density at radius 1 is 1.44 bits per heavy atom. The van der Waals surface area contributed by atoms with Gasteiger partial charge in [0, 0.05) is 18.7 Å². The van der Waals surface area contributed by atoms with Crippen molar-refractivity contribution in [2.75, 3.05) is 0 Å². The van der Waals surface area contributed by atoms with Crippen molar-refractivity contribution in [3.8, 4) is 0 Å². The van der Waals surface area contributed by atoms with Crippen LogP contribution in [0.5, 0.6) is 0 Å². The number of nitrogens with zero attached hydrogens (tertiary/aromatic N) is 2. The Bertz CT molecular complexity index is 410. The van der Waals surface area contributed by atoms with Crippen molar-refractivity contribution >= 4 is 5.78 Å². The zero-order valence-electron chi connectivity index (χ0n) is 11.8. The van der Waals surface area contributed by atoms with E-state index in [1.54, 1.807) is 6.20 Å². The first kappa shape index (κ1) is 13.3. The smallest absolute Gasteiger partial charge is 0.169 e. The molecule has 0 bridgehead atoms. The molecule has 1 aromatic rings. The summed E-state index contributed by atoms with van der Waals surface area (Å²) in [5.74, 6) is 0.519. The van der Waals surface area contributed by atoms with Gasteiger partial charge < -0.3 is 0 Å². The van der Waals surface area contributed by atoms with Gasteiger partial charge in [0.2, 0.25) is 0 Å². The van der Waals surface area contributed by atoms with Crippen LogP contribution in [0.25, 0.3) is 0 Å². The summed E-state index contributed by atoms with van der Waals surface area (Å²) in [5.41, 5.74) is 1.22. The van der Waals surface area contributed by atoms with Gasteiger partial charge in [0.05, 0.1) is 11.8 Å². The molecule has 1 saturated carbocycles. The van der Waals surface area contributed by atoms with Crippen LogP contribution in [0.1, 0.15) is 63.2 Å². The molecule has 0 radical (unpaired) electrons. The minimum Gasteiger partial charge on any atom is -0.294 e. The molecule has 1 aliphatic carbocycles. The summed E-state index contributed by atoms with van der Waals surface area (Å²) < 4.78 is 1.87. The maximum Gasteiger partial charge on any atom is 0.169 e. The van der Waals surface area contributed by atoms with Crippen molar-refractivity contribution in [2.24, 2.45) is 11.3 Å². The van der Waals surface area contributed by atoms with E-state index in [1.807, 2.05) is 10.9 Å². The number of hydrogen-bond donors (Lipinski definition) is 0. The van der Waals surface area contributed by atoms with Crippen LogP contribution in [0.2, 0.25) is 0 Å². The van der Waals surface area contributed by atoms with E-state index in [1.165, 1.54) is 0 Å². The zero-order chi connectivity index (χ0) is 13.2. The van der Waals surface area contributed by atoms with Crippen LogP contribution in [-0.4, -0.2) is 15.6 Å². The molecule has 1 aromatic heterocycles. The first-order valence-corrected chi connectivity index (χ1v) is 7.08. The molecule has 0 unspecified atom stereocenters. The van der Waals surface area contributed by atoms with Crippen LogP contribution in [0.15, 0.2) is 12.4 Å². The van der Waals surface area contributed by atoms with Gasteiger partial charge in [-0.05, 0) is 37.5 Å². The van der Waals surface area contributed by atoms with Crippen LogP contribution in [0, 0.1) is 11.3 Å². The average molecular weight is 248 g/mol. The van der Waals surface area contributed by atoms with Crippen LogP contribution in [0.4, 0.5) is 0 Å². The van der Waals surface area contributed by atoms with Gasteiger partial charge in [-0.15, -0.1) is 0 Å². The van der Waals surface area contributed by atoms with Gasteiger partial charge in [0.1, 0.15) is 0 Å². The molecule has 0 saturated heterocycles. The Morgan fingerprint density at radius 3 is 2.72 bits per heavy atom. The van der Waals surface area contributed by atoms with Crippen LogP contribution in [-0.2, 0) is 6.54 Å². The van der Waals surface area contributed by atoms with Crippen LogP contribution in [0.3, 0.4) is 0 Å². The molecule has 0 aromatic carbocycles. The van der Waals surface area contributed by atoms with Gasteiger partial charge in [-0.25, -0.2) is 0 Å². The van der Waals surface area contributed by atoms with Crippen LogP contribution < -0.4 is 0 Å². The molecule has 0 atom stereocenters. The molecule has 18 heavy (non-hydrogen) atoms. The highest BCUT2D eigenvalue weighted by Crippen LogP contribution is 2.39. The van der Waals surface area contributed by atoms with Gasteiger partial charge in [-0.2, -0.15) is 5.10 Å². The molecule has 0 aliphatic heterocycles. The van der Waals surface area contributed by atoms with Gasteiger partial charge in [-0.1, -0.05) is 20.8 Å². The maximum atomic E-state index is 12.4. The summed E-state index contributed by atoms with van der Waals surface area (Å²) in [7, 11) is 0. The molecular weight excluding hydrogens is 224 g/mol. The Labute approximate surface area is 110 Å². The second kappa shape index (κ2) is 5.25. The first-order chi connectivity index (χ1) is 8.52. The van der Waals surface area contributed by atoms with Crippen LogP contribution >= 0.6 is 0 Å². The fourth-order valence-corrected chi connectivity index (χ4v) is 2.74. The van der Waals surface area contributed by atoms with Gasteiger partial charge in [0.15, 0.2) is 5.78 Å². The molecule has 1 fully saturated rings. The summed E-state index contributed by atoms with van der Waals surface area (Å²) >= 11 is 0. The van der Waals surface area contributed by atoms with E-state index in [9.17, 15) is 4.79 Å². The fourth-order valence-electron chi connectivity index (χ4n) is 2.74. The highest BCUT2D eigenvalue weighted by molar-refractivity contribution is 5.97. The van der Waals surface area contributed by atoms with Crippen molar-refractivity contribution < 1.29 is 4.79 Å². The third-order valence-corrected chi connectivity index (χ3v) is 4.08. The van der Waals surface area contributed by atoms with Crippen molar-refractivity contribution in [3.05, 3.63) is 18.0 Å². The summed E-state index contributed by atoms with van der Waals surface area (Å²) in [6, 6.07) is 0. The summed E-state index contributed by atoms with van der Waals surface area (Å²) in [6.45, 7) is 7.61. The van der Waals surface area contributed by atoms with E-state index < -0.39 is 0 Å². The number of carbonyl (C=O) groups is 1. The highest BCUT2D eigenvalue weighted by atomic mass is 16.1. The van der Waals surface area contributed by atoms with E-state index in [2.05, 4.69) is 25.9 Å². The third kappa shape index (κ3) is 3.01. The molecule has 0 spiro atoms. The lowest BCUT2D eigenvalue weighted by atomic mass is 9.71. The standard InChI is InChI=1S/C15H24N2O/c1-4-9-17-11-13(10-16-17)14(18)12-5-7-15(2,3)8-6-12/h10-12H,4-9H2,1-3H3. The predicted molar refractivity (Wildman–Crippen MR) is 72.6 cm³/mol. The normalized spacial score (nSPS) is 19.9. The molecule has 2 rings (SSSR count). The minimum atomic E-state index is 0.220. The monoisotopic (exact) mass is 248 g/mol. The number of hydrogen-bond acceptors (Lipinski definition) is 2.